The lowest BCUT2D eigenvalue weighted by molar-refractivity contribution is -0.152. The molecule has 0 aromatic heterocycles. The Labute approximate surface area is 156 Å². The molecule has 1 aliphatic heterocycles. The van der Waals surface area contributed by atoms with Crippen molar-refractivity contribution in [2.24, 2.45) is 5.92 Å². The van der Waals surface area contributed by atoms with Crippen molar-refractivity contribution >= 4 is 11.9 Å². The maximum Gasteiger partial charge on any atom is 0.309 e. The van der Waals surface area contributed by atoms with Gasteiger partial charge in [-0.2, -0.15) is 0 Å². The molecule has 5 heteroatoms. The number of likely N-dealkylation sites (tertiary alicyclic amines) is 1. The molecule has 0 aliphatic carbocycles. The molecule has 1 fully saturated rings. The van der Waals surface area contributed by atoms with Crippen molar-refractivity contribution in [2.75, 3.05) is 19.7 Å². The number of aryl methyl sites for hydroxylation is 1. The van der Waals surface area contributed by atoms with Crippen LogP contribution in [0.1, 0.15) is 57.6 Å². The second kappa shape index (κ2) is 9.06. The van der Waals surface area contributed by atoms with Crippen LogP contribution in [0.2, 0.25) is 0 Å². The van der Waals surface area contributed by atoms with Crippen molar-refractivity contribution in [3.63, 3.8) is 0 Å². The zero-order chi connectivity index (χ0) is 19.3. The van der Waals surface area contributed by atoms with Gasteiger partial charge in [-0.15, -0.1) is 0 Å². The van der Waals surface area contributed by atoms with Gasteiger partial charge in [0.1, 0.15) is 5.75 Å². The van der Waals surface area contributed by atoms with E-state index in [2.05, 4.69) is 26.8 Å². The molecule has 0 N–H and O–H groups in total. The average Bonchev–Trinajstić information content (AvgIpc) is 2.61. The van der Waals surface area contributed by atoms with Crippen LogP contribution >= 0.6 is 0 Å². The molecule has 1 aliphatic rings. The van der Waals surface area contributed by atoms with Crippen LogP contribution in [0.5, 0.6) is 5.75 Å². The third-order valence-electron chi connectivity index (χ3n) is 4.95. The van der Waals surface area contributed by atoms with Crippen LogP contribution in [0.4, 0.5) is 0 Å². The Kier molecular flexibility index (Phi) is 7.06. The van der Waals surface area contributed by atoms with Gasteiger partial charge in [0.05, 0.1) is 12.5 Å². The van der Waals surface area contributed by atoms with E-state index in [9.17, 15) is 9.59 Å². The maximum absolute atomic E-state index is 12.6. The van der Waals surface area contributed by atoms with E-state index >= 15 is 0 Å². The lowest BCUT2D eigenvalue weighted by Gasteiger charge is -2.32. The monoisotopic (exact) mass is 361 g/mol. The molecule has 2 rings (SSSR count). The van der Waals surface area contributed by atoms with E-state index in [1.165, 1.54) is 11.1 Å². The summed E-state index contributed by atoms with van der Waals surface area (Å²) >= 11 is 0. The van der Waals surface area contributed by atoms with Gasteiger partial charge < -0.3 is 14.4 Å². The fourth-order valence-electron chi connectivity index (χ4n) is 3.48. The fourth-order valence-corrected chi connectivity index (χ4v) is 3.48. The van der Waals surface area contributed by atoms with Gasteiger partial charge in [0.15, 0.2) is 6.10 Å². The summed E-state index contributed by atoms with van der Waals surface area (Å²) in [5.41, 5.74) is 2.46. The first-order valence-electron chi connectivity index (χ1n) is 9.56. The minimum Gasteiger partial charge on any atom is -0.481 e. The zero-order valence-electron chi connectivity index (χ0n) is 16.6. The number of piperidine rings is 1. The van der Waals surface area contributed by atoms with Gasteiger partial charge in [0.25, 0.3) is 5.91 Å². The van der Waals surface area contributed by atoms with Crippen LogP contribution in [-0.4, -0.2) is 42.6 Å². The number of hydrogen-bond donors (Lipinski definition) is 0. The Morgan fingerprint density at radius 3 is 2.38 bits per heavy atom. The summed E-state index contributed by atoms with van der Waals surface area (Å²) in [7, 11) is 0. The lowest BCUT2D eigenvalue weighted by atomic mass is 9.96. The summed E-state index contributed by atoms with van der Waals surface area (Å²) in [6, 6.07) is 5.99. The van der Waals surface area contributed by atoms with Crippen molar-refractivity contribution in [3.05, 3.63) is 29.3 Å². The van der Waals surface area contributed by atoms with Crippen LogP contribution in [0, 0.1) is 12.8 Å². The van der Waals surface area contributed by atoms with E-state index in [1.807, 2.05) is 19.1 Å². The van der Waals surface area contributed by atoms with Crippen LogP contribution in [0.15, 0.2) is 18.2 Å². The van der Waals surface area contributed by atoms with Gasteiger partial charge in [-0.3, -0.25) is 9.59 Å². The topological polar surface area (TPSA) is 55.8 Å². The van der Waals surface area contributed by atoms with Gasteiger partial charge >= 0.3 is 5.97 Å². The highest BCUT2D eigenvalue weighted by molar-refractivity contribution is 5.81. The SMILES string of the molecule is CCOC(=O)C1CCN(C(=O)C(C)Oc2ccc(C(C)C)c(C)c2)CC1. The predicted molar refractivity (Wildman–Crippen MR) is 101 cm³/mol. The molecule has 0 spiro atoms. The summed E-state index contributed by atoms with van der Waals surface area (Å²) in [6.07, 6.45) is 0.761. The van der Waals surface area contributed by atoms with E-state index in [1.54, 1.807) is 11.8 Å². The standard InChI is InChI=1S/C21H31NO4/c1-6-25-21(24)17-9-11-22(12-10-17)20(23)16(5)26-18-7-8-19(14(2)3)15(4)13-18/h7-8,13-14,16-17H,6,9-12H2,1-5H3. The molecule has 1 aromatic rings. The highest BCUT2D eigenvalue weighted by Gasteiger charge is 2.30. The summed E-state index contributed by atoms with van der Waals surface area (Å²) in [5.74, 6) is 0.905. The number of nitrogens with zero attached hydrogens (tertiary/aromatic N) is 1. The molecule has 0 radical (unpaired) electrons. The summed E-state index contributed by atoms with van der Waals surface area (Å²) in [6.45, 7) is 11.5. The van der Waals surface area contributed by atoms with Crippen molar-refractivity contribution in [2.45, 2.75) is 59.5 Å². The Balaban J connectivity index is 1.90. The number of amides is 1. The van der Waals surface area contributed by atoms with Crippen molar-refractivity contribution < 1.29 is 19.1 Å². The number of ether oxygens (including phenoxy) is 2. The van der Waals surface area contributed by atoms with Crippen LogP contribution < -0.4 is 4.74 Å². The quantitative estimate of drug-likeness (QED) is 0.725. The number of esters is 1. The van der Waals surface area contributed by atoms with Gasteiger partial charge in [-0.25, -0.2) is 0 Å². The van der Waals surface area contributed by atoms with Crippen LogP contribution in [-0.2, 0) is 14.3 Å². The van der Waals surface area contributed by atoms with Gasteiger partial charge in [-0.1, -0.05) is 19.9 Å². The maximum atomic E-state index is 12.6. The summed E-state index contributed by atoms with van der Waals surface area (Å²) in [4.78, 5) is 26.2. The molecule has 144 valence electrons. The smallest absolute Gasteiger partial charge is 0.309 e. The number of carbonyl (C=O) groups excluding carboxylic acids is 2. The molecule has 1 atom stereocenters. The highest BCUT2D eigenvalue weighted by Crippen LogP contribution is 2.25. The van der Waals surface area contributed by atoms with Crippen LogP contribution in [0.3, 0.4) is 0 Å². The molecule has 1 unspecified atom stereocenters. The van der Waals surface area contributed by atoms with Crippen molar-refractivity contribution in [1.82, 2.24) is 4.90 Å². The zero-order valence-corrected chi connectivity index (χ0v) is 16.6. The molecule has 1 heterocycles. The Morgan fingerprint density at radius 1 is 1.19 bits per heavy atom. The molecule has 5 nitrogen and oxygen atoms in total. The van der Waals surface area contributed by atoms with E-state index in [0.29, 0.717) is 44.2 Å². The molecule has 1 saturated heterocycles. The molecule has 26 heavy (non-hydrogen) atoms. The second-order valence-electron chi connectivity index (χ2n) is 7.28. The molecular weight excluding hydrogens is 330 g/mol. The average molecular weight is 361 g/mol. The third kappa shape index (κ3) is 4.99. The highest BCUT2D eigenvalue weighted by atomic mass is 16.5. The molecule has 0 bridgehead atoms. The van der Waals surface area contributed by atoms with Crippen LogP contribution in [0.25, 0.3) is 0 Å². The molecular formula is C21H31NO4. The molecule has 1 amide bonds. The second-order valence-corrected chi connectivity index (χ2v) is 7.28. The minimum atomic E-state index is -0.543. The van der Waals surface area contributed by atoms with E-state index < -0.39 is 6.10 Å². The number of carbonyl (C=O) groups is 2. The van der Waals surface area contributed by atoms with E-state index in [-0.39, 0.29) is 17.8 Å². The summed E-state index contributed by atoms with van der Waals surface area (Å²) in [5, 5.41) is 0. The lowest BCUT2D eigenvalue weighted by Crippen LogP contribution is -2.45. The number of rotatable bonds is 6. The Morgan fingerprint density at radius 2 is 1.85 bits per heavy atom. The Hall–Kier alpha value is -2.04. The molecule has 0 saturated carbocycles. The minimum absolute atomic E-state index is 0.0297. The molecule has 1 aromatic carbocycles. The van der Waals surface area contributed by atoms with Crippen molar-refractivity contribution in [3.8, 4) is 5.75 Å². The number of hydrogen-bond acceptors (Lipinski definition) is 4. The van der Waals surface area contributed by atoms with Gasteiger partial charge in [0.2, 0.25) is 0 Å². The first kappa shape index (κ1) is 20.3. The first-order chi connectivity index (χ1) is 12.3. The fraction of sp³-hybridized carbons (Fsp3) is 0.619. The normalized spacial score (nSPS) is 16.5. The Bertz CT molecular complexity index is 633. The summed E-state index contributed by atoms with van der Waals surface area (Å²) < 4.78 is 10.9. The largest absolute Gasteiger partial charge is 0.481 e. The third-order valence-corrected chi connectivity index (χ3v) is 4.95. The first-order valence-corrected chi connectivity index (χ1v) is 9.56. The van der Waals surface area contributed by atoms with Crippen molar-refractivity contribution in [1.29, 1.82) is 0 Å². The predicted octanol–water partition coefficient (Wildman–Crippen LogP) is 3.69. The van der Waals surface area contributed by atoms with E-state index in [0.717, 1.165) is 0 Å². The van der Waals surface area contributed by atoms with E-state index in [4.69, 9.17) is 9.47 Å². The van der Waals surface area contributed by atoms with Gasteiger partial charge in [0, 0.05) is 13.1 Å². The number of benzene rings is 1. The van der Waals surface area contributed by atoms with Gasteiger partial charge in [-0.05, 0) is 62.8 Å².